The van der Waals surface area contributed by atoms with Crippen molar-refractivity contribution in [3.8, 4) is 11.4 Å². The van der Waals surface area contributed by atoms with Crippen LogP contribution < -0.4 is 5.32 Å². The molecule has 1 atom stereocenters. The summed E-state index contributed by atoms with van der Waals surface area (Å²) in [4.78, 5) is 32.1. The average molecular weight is 491 g/mol. The third kappa shape index (κ3) is 4.53. The maximum absolute atomic E-state index is 13.2. The number of amides is 2. The number of nitrogens with one attached hydrogen (secondary N) is 1. The third-order valence-corrected chi connectivity index (χ3v) is 7.11. The predicted octanol–water partition coefficient (Wildman–Crippen LogP) is 3.81. The van der Waals surface area contributed by atoms with Gasteiger partial charge in [-0.25, -0.2) is 9.59 Å². The monoisotopic (exact) mass is 490 g/mol. The van der Waals surface area contributed by atoms with E-state index in [9.17, 15) is 9.59 Å². The quantitative estimate of drug-likeness (QED) is 0.378. The summed E-state index contributed by atoms with van der Waals surface area (Å²) in [5.41, 5.74) is 2.88. The van der Waals surface area contributed by atoms with E-state index in [0.717, 1.165) is 29.8 Å². The van der Waals surface area contributed by atoms with Crippen LogP contribution in [-0.4, -0.2) is 55.6 Å². The van der Waals surface area contributed by atoms with Gasteiger partial charge in [0.25, 0.3) is 0 Å². The van der Waals surface area contributed by atoms with Crippen molar-refractivity contribution >= 4 is 23.8 Å². The molecule has 10 heteroatoms. The number of methoxy groups -OCH3 is 1. The lowest BCUT2D eigenvalue weighted by atomic mass is 9.95. The largest absolute Gasteiger partial charge is 0.466 e. The number of ether oxygens (including phenoxy) is 1. The Hall–Kier alpha value is -3.66. The van der Waals surface area contributed by atoms with E-state index in [-0.39, 0.29) is 12.1 Å². The number of thioether (sulfide) groups is 1. The maximum atomic E-state index is 13.2. The van der Waals surface area contributed by atoms with E-state index in [1.807, 2.05) is 54.0 Å². The minimum Gasteiger partial charge on any atom is -0.466 e. The second-order valence-electron chi connectivity index (χ2n) is 8.32. The summed E-state index contributed by atoms with van der Waals surface area (Å²) in [6, 6.07) is 12.6. The number of esters is 1. The summed E-state index contributed by atoms with van der Waals surface area (Å²) < 4.78 is 7.22. The summed E-state index contributed by atoms with van der Waals surface area (Å²) in [7, 11) is 1.37. The molecular formula is C25H26N6O3S. The number of urea groups is 1. The fraction of sp³-hybridized carbons (Fsp3) is 0.320. The van der Waals surface area contributed by atoms with Gasteiger partial charge in [-0.1, -0.05) is 42.1 Å². The number of aromatic nitrogens is 4. The Morgan fingerprint density at radius 2 is 1.89 bits per heavy atom. The topological polar surface area (TPSA) is 102 Å². The lowest BCUT2D eigenvalue weighted by Gasteiger charge is -2.36. The molecule has 0 saturated heterocycles. The Labute approximate surface area is 207 Å². The van der Waals surface area contributed by atoms with E-state index in [2.05, 4.69) is 20.5 Å². The number of carbonyl (C=O) groups excluding carboxylic acids is 2. The van der Waals surface area contributed by atoms with Gasteiger partial charge < -0.3 is 14.6 Å². The Bertz CT molecular complexity index is 1260. The van der Waals surface area contributed by atoms with Crippen LogP contribution in [0.5, 0.6) is 0 Å². The van der Waals surface area contributed by atoms with E-state index in [1.54, 1.807) is 17.3 Å². The van der Waals surface area contributed by atoms with Crippen molar-refractivity contribution in [2.45, 2.75) is 43.6 Å². The van der Waals surface area contributed by atoms with Crippen LogP contribution in [0.15, 0.2) is 71.3 Å². The average Bonchev–Trinajstić information content (AvgIpc) is 3.65. The van der Waals surface area contributed by atoms with Crippen LogP contribution in [0.2, 0.25) is 0 Å². The van der Waals surface area contributed by atoms with E-state index >= 15 is 0 Å². The Morgan fingerprint density at radius 3 is 2.54 bits per heavy atom. The molecule has 1 saturated carbocycles. The van der Waals surface area contributed by atoms with Crippen LogP contribution in [-0.2, 0) is 16.1 Å². The van der Waals surface area contributed by atoms with E-state index in [1.165, 1.54) is 18.9 Å². The van der Waals surface area contributed by atoms with Crippen LogP contribution in [0, 0.1) is 0 Å². The zero-order valence-corrected chi connectivity index (χ0v) is 20.4. The van der Waals surface area contributed by atoms with Crippen LogP contribution >= 0.6 is 11.8 Å². The molecule has 5 rings (SSSR count). The van der Waals surface area contributed by atoms with Gasteiger partial charge in [0.2, 0.25) is 0 Å². The normalized spacial score (nSPS) is 17.9. The van der Waals surface area contributed by atoms with Gasteiger partial charge in [0.15, 0.2) is 11.0 Å². The lowest BCUT2D eigenvalue weighted by Crippen LogP contribution is -2.50. The molecule has 3 heterocycles. The summed E-state index contributed by atoms with van der Waals surface area (Å²) in [5, 5.41) is 12.6. The Balaban J connectivity index is 1.53. The molecule has 1 N–H and O–H groups in total. The van der Waals surface area contributed by atoms with E-state index in [0.29, 0.717) is 28.7 Å². The molecule has 2 amide bonds. The van der Waals surface area contributed by atoms with Crippen LogP contribution in [0.3, 0.4) is 0 Å². The van der Waals surface area contributed by atoms with Gasteiger partial charge in [-0.2, -0.15) is 0 Å². The first-order chi connectivity index (χ1) is 17.1. The molecule has 1 aromatic carbocycles. The highest BCUT2D eigenvalue weighted by Gasteiger charge is 2.44. The lowest BCUT2D eigenvalue weighted by molar-refractivity contribution is -0.136. The SMILES string of the molecule is CCn1c(SCC2=C(C(=O)OC)C(c3ccccc3)NC(=O)N2C2CC2)nnc1-c1ccncc1. The Kier molecular flexibility index (Phi) is 6.54. The summed E-state index contributed by atoms with van der Waals surface area (Å²) >= 11 is 1.46. The van der Waals surface area contributed by atoms with Gasteiger partial charge in [0.05, 0.1) is 18.7 Å². The number of pyridine rings is 1. The van der Waals surface area contributed by atoms with Crippen LogP contribution in [0.1, 0.15) is 31.4 Å². The summed E-state index contributed by atoms with van der Waals surface area (Å²) in [6.07, 6.45) is 5.26. The first-order valence-corrected chi connectivity index (χ1v) is 12.5. The zero-order chi connectivity index (χ0) is 24.4. The van der Waals surface area contributed by atoms with E-state index in [4.69, 9.17) is 4.74 Å². The fourth-order valence-corrected chi connectivity index (χ4v) is 5.35. The zero-order valence-electron chi connectivity index (χ0n) is 19.5. The van der Waals surface area contributed by atoms with Crippen LogP contribution in [0.4, 0.5) is 4.79 Å². The highest BCUT2D eigenvalue weighted by atomic mass is 32.2. The van der Waals surface area contributed by atoms with Crippen molar-refractivity contribution in [1.29, 1.82) is 0 Å². The second-order valence-corrected chi connectivity index (χ2v) is 9.26. The second kappa shape index (κ2) is 9.91. The third-order valence-electron chi connectivity index (χ3n) is 6.14. The van der Waals surface area contributed by atoms with Crippen molar-refractivity contribution in [3.63, 3.8) is 0 Å². The van der Waals surface area contributed by atoms with Gasteiger partial charge in [0, 0.05) is 42.0 Å². The van der Waals surface area contributed by atoms with Gasteiger partial charge in [-0.15, -0.1) is 10.2 Å². The fourth-order valence-electron chi connectivity index (χ4n) is 4.32. The van der Waals surface area contributed by atoms with Crippen molar-refractivity contribution in [2.75, 3.05) is 12.9 Å². The molecule has 0 spiro atoms. The number of nitrogens with zero attached hydrogens (tertiary/aromatic N) is 5. The van der Waals surface area contributed by atoms with Gasteiger partial charge in [-0.05, 0) is 37.5 Å². The molecule has 0 bridgehead atoms. The number of carbonyl (C=O) groups is 2. The smallest absolute Gasteiger partial charge is 0.338 e. The van der Waals surface area contributed by atoms with Crippen LogP contribution in [0.25, 0.3) is 11.4 Å². The number of rotatable bonds is 8. The van der Waals surface area contributed by atoms with Gasteiger partial charge in [0.1, 0.15) is 0 Å². The summed E-state index contributed by atoms with van der Waals surface area (Å²) in [6.45, 7) is 2.71. The number of benzene rings is 1. The molecule has 2 aliphatic rings. The predicted molar refractivity (Wildman–Crippen MR) is 131 cm³/mol. The molecule has 1 aliphatic carbocycles. The highest BCUT2D eigenvalue weighted by Crippen LogP contribution is 2.40. The minimum absolute atomic E-state index is 0.0819. The minimum atomic E-state index is -0.585. The van der Waals surface area contributed by atoms with Crippen molar-refractivity contribution < 1.29 is 14.3 Å². The Morgan fingerprint density at radius 1 is 1.14 bits per heavy atom. The molecule has 1 unspecified atom stereocenters. The molecule has 1 fully saturated rings. The van der Waals surface area contributed by atoms with Crippen molar-refractivity contribution in [2.24, 2.45) is 0 Å². The van der Waals surface area contributed by atoms with Gasteiger partial charge in [-0.3, -0.25) is 9.88 Å². The summed E-state index contributed by atoms with van der Waals surface area (Å²) in [5.74, 6) is 0.684. The van der Waals surface area contributed by atoms with E-state index < -0.39 is 12.0 Å². The molecule has 1 aliphatic heterocycles. The molecule has 2 aromatic heterocycles. The molecule has 9 nitrogen and oxygen atoms in total. The molecule has 0 radical (unpaired) electrons. The molecular weight excluding hydrogens is 464 g/mol. The number of hydrogen-bond acceptors (Lipinski definition) is 7. The molecule has 180 valence electrons. The first kappa shape index (κ1) is 23.1. The highest BCUT2D eigenvalue weighted by molar-refractivity contribution is 7.99. The number of hydrogen-bond donors (Lipinski definition) is 1. The van der Waals surface area contributed by atoms with Gasteiger partial charge >= 0.3 is 12.0 Å². The standard InChI is InChI=1S/C25H26N6O3S/c1-3-30-22(17-11-13-26-14-12-17)28-29-25(30)35-15-19-20(23(32)34-2)21(16-7-5-4-6-8-16)27-24(33)31(19)18-9-10-18/h4-8,11-14,18,21H,3,9-10,15H2,1-2H3,(H,27,33). The maximum Gasteiger partial charge on any atom is 0.338 e. The first-order valence-electron chi connectivity index (χ1n) is 11.5. The molecule has 35 heavy (non-hydrogen) atoms. The molecule has 3 aromatic rings. The van der Waals surface area contributed by atoms with Crippen molar-refractivity contribution in [3.05, 3.63) is 71.7 Å². The van der Waals surface area contributed by atoms with Crippen molar-refractivity contribution in [1.82, 2.24) is 30.0 Å².